The smallest absolute Gasteiger partial charge is 0.249 e. The molecule has 1 aliphatic carbocycles. The largest absolute Gasteiger partial charge is 0.342 e. The molecule has 1 amide bonds. The van der Waals surface area contributed by atoms with Crippen molar-refractivity contribution in [1.82, 2.24) is 20.0 Å². The Labute approximate surface area is 162 Å². The number of carbonyl (C=O) groups is 1. The molecule has 2 aliphatic heterocycles. The SMILES string of the molecule is CN1Cc2cccc(-c3n[nH]c4c3CCN(C(=O)C3CC(F)(F)C3)CC4)c2C1. The molecule has 3 heterocycles. The van der Waals surface area contributed by atoms with Crippen LogP contribution in [0.2, 0.25) is 0 Å². The Morgan fingerprint density at radius 3 is 2.75 bits per heavy atom. The average Bonchev–Trinajstić information content (AvgIpc) is 3.15. The maximum Gasteiger partial charge on any atom is 0.249 e. The van der Waals surface area contributed by atoms with E-state index in [4.69, 9.17) is 0 Å². The topological polar surface area (TPSA) is 52.2 Å². The van der Waals surface area contributed by atoms with Crippen LogP contribution in [0.3, 0.4) is 0 Å². The lowest BCUT2D eigenvalue weighted by Gasteiger charge is -2.37. The van der Waals surface area contributed by atoms with Crippen molar-refractivity contribution in [1.29, 1.82) is 0 Å². The van der Waals surface area contributed by atoms with Crippen molar-refractivity contribution in [3.05, 3.63) is 40.6 Å². The molecule has 7 heteroatoms. The second-order valence-electron chi connectivity index (χ2n) is 8.43. The second-order valence-corrected chi connectivity index (χ2v) is 8.43. The lowest BCUT2D eigenvalue weighted by Crippen LogP contribution is -2.47. The highest BCUT2D eigenvalue weighted by atomic mass is 19.3. The Morgan fingerprint density at radius 2 is 1.96 bits per heavy atom. The maximum atomic E-state index is 13.2. The van der Waals surface area contributed by atoms with E-state index in [0.717, 1.165) is 35.6 Å². The van der Waals surface area contributed by atoms with Crippen LogP contribution in [-0.2, 0) is 30.7 Å². The highest BCUT2D eigenvalue weighted by Crippen LogP contribution is 2.43. The van der Waals surface area contributed by atoms with E-state index in [-0.39, 0.29) is 18.7 Å². The van der Waals surface area contributed by atoms with Gasteiger partial charge in [0.05, 0.1) is 5.69 Å². The highest BCUT2D eigenvalue weighted by Gasteiger charge is 2.49. The number of aromatic nitrogens is 2. The first-order chi connectivity index (χ1) is 13.4. The number of benzene rings is 1. The van der Waals surface area contributed by atoms with E-state index in [0.29, 0.717) is 25.9 Å². The van der Waals surface area contributed by atoms with Crippen LogP contribution in [0.15, 0.2) is 18.2 Å². The molecule has 5 rings (SSSR count). The number of nitrogens with one attached hydrogen (secondary N) is 1. The summed E-state index contributed by atoms with van der Waals surface area (Å²) < 4.78 is 26.3. The molecule has 0 radical (unpaired) electrons. The number of H-pyrrole nitrogens is 1. The van der Waals surface area contributed by atoms with Crippen molar-refractivity contribution in [3.8, 4) is 11.3 Å². The number of fused-ring (bicyclic) bond motifs is 2. The standard InChI is InChI=1S/C21H24F2N4O/c1-26-11-13-3-2-4-15(17(13)12-26)19-16-5-7-27(8-6-18(16)24-25-19)20(28)14-9-21(22,23)10-14/h2-4,14H,5-12H2,1H3,(H,24,25). The second kappa shape index (κ2) is 6.37. The molecule has 0 atom stereocenters. The van der Waals surface area contributed by atoms with E-state index in [1.54, 1.807) is 4.90 Å². The summed E-state index contributed by atoms with van der Waals surface area (Å²) in [5, 5.41) is 7.79. The Balaban J connectivity index is 1.37. The van der Waals surface area contributed by atoms with Crippen molar-refractivity contribution in [2.75, 3.05) is 20.1 Å². The van der Waals surface area contributed by atoms with Crippen LogP contribution in [0.25, 0.3) is 11.3 Å². The van der Waals surface area contributed by atoms with E-state index in [9.17, 15) is 13.6 Å². The first-order valence-corrected chi connectivity index (χ1v) is 9.94. The fraction of sp³-hybridized carbons (Fsp3) is 0.524. The quantitative estimate of drug-likeness (QED) is 0.863. The van der Waals surface area contributed by atoms with Crippen LogP contribution in [0.1, 0.15) is 35.2 Å². The lowest BCUT2D eigenvalue weighted by molar-refractivity contribution is -0.159. The summed E-state index contributed by atoms with van der Waals surface area (Å²) >= 11 is 0. The molecule has 1 aromatic carbocycles. The third-order valence-electron chi connectivity index (χ3n) is 6.36. The van der Waals surface area contributed by atoms with E-state index in [1.165, 1.54) is 11.1 Å². The number of hydrogen-bond donors (Lipinski definition) is 1. The van der Waals surface area contributed by atoms with Crippen LogP contribution in [0.5, 0.6) is 0 Å². The van der Waals surface area contributed by atoms with Crippen molar-refractivity contribution in [3.63, 3.8) is 0 Å². The van der Waals surface area contributed by atoms with Gasteiger partial charge in [0.15, 0.2) is 0 Å². The van der Waals surface area contributed by atoms with Crippen LogP contribution >= 0.6 is 0 Å². The summed E-state index contributed by atoms with van der Waals surface area (Å²) in [4.78, 5) is 16.7. The number of amides is 1. The number of carbonyl (C=O) groups excluding carboxylic acids is 1. The number of nitrogens with zero attached hydrogens (tertiary/aromatic N) is 3. The van der Waals surface area contributed by atoms with Crippen LogP contribution in [0, 0.1) is 5.92 Å². The summed E-state index contributed by atoms with van der Waals surface area (Å²) in [5.74, 6) is -3.29. The number of hydrogen-bond acceptors (Lipinski definition) is 3. The molecule has 1 fully saturated rings. The van der Waals surface area contributed by atoms with Crippen LogP contribution in [-0.4, -0.2) is 52.0 Å². The Hall–Kier alpha value is -2.28. The molecule has 0 bridgehead atoms. The lowest BCUT2D eigenvalue weighted by atomic mass is 9.80. The van der Waals surface area contributed by atoms with E-state index in [2.05, 4.69) is 40.3 Å². The molecule has 1 aromatic heterocycles. The van der Waals surface area contributed by atoms with Gasteiger partial charge in [-0.25, -0.2) is 8.78 Å². The zero-order valence-electron chi connectivity index (χ0n) is 16.0. The Morgan fingerprint density at radius 1 is 1.18 bits per heavy atom. The van der Waals surface area contributed by atoms with E-state index < -0.39 is 11.8 Å². The molecule has 0 unspecified atom stereocenters. The highest BCUT2D eigenvalue weighted by molar-refractivity contribution is 5.80. The van der Waals surface area contributed by atoms with E-state index in [1.807, 2.05) is 0 Å². The van der Waals surface area contributed by atoms with Gasteiger partial charge in [-0.2, -0.15) is 5.10 Å². The molecule has 1 N–H and O–H groups in total. The molecule has 3 aliphatic rings. The van der Waals surface area contributed by atoms with Gasteiger partial charge in [0.1, 0.15) is 0 Å². The van der Waals surface area contributed by atoms with Gasteiger partial charge in [-0.1, -0.05) is 18.2 Å². The molecule has 28 heavy (non-hydrogen) atoms. The van der Waals surface area contributed by atoms with Crippen molar-refractivity contribution in [2.24, 2.45) is 5.92 Å². The van der Waals surface area contributed by atoms with Crippen molar-refractivity contribution >= 4 is 5.91 Å². The molecule has 5 nitrogen and oxygen atoms in total. The predicted octanol–water partition coefficient (Wildman–Crippen LogP) is 2.99. The van der Waals surface area contributed by atoms with Gasteiger partial charge in [-0.3, -0.25) is 14.8 Å². The Kier molecular flexibility index (Phi) is 4.05. The zero-order valence-corrected chi connectivity index (χ0v) is 16.0. The first-order valence-electron chi connectivity index (χ1n) is 9.94. The summed E-state index contributed by atoms with van der Waals surface area (Å²) in [6.45, 7) is 2.98. The minimum atomic E-state index is -2.66. The molecule has 2 aromatic rings. The monoisotopic (exact) mass is 386 g/mol. The molecule has 0 saturated heterocycles. The zero-order chi connectivity index (χ0) is 19.5. The van der Waals surface area contributed by atoms with Gasteiger partial charge < -0.3 is 4.90 Å². The van der Waals surface area contributed by atoms with Gasteiger partial charge in [0.2, 0.25) is 11.8 Å². The normalized spacial score (nSPS) is 21.8. The van der Waals surface area contributed by atoms with Crippen molar-refractivity contribution in [2.45, 2.75) is 44.7 Å². The van der Waals surface area contributed by atoms with Crippen LogP contribution in [0.4, 0.5) is 8.78 Å². The minimum absolute atomic E-state index is 0.118. The molecule has 148 valence electrons. The molecule has 1 saturated carbocycles. The summed E-state index contributed by atoms with van der Waals surface area (Å²) in [6.07, 6.45) is 0.788. The predicted molar refractivity (Wildman–Crippen MR) is 101 cm³/mol. The van der Waals surface area contributed by atoms with Crippen LogP contribution < -0.4 is 0 Å². The number of rotatable bonds is 2. The van der Waals surface area contributed by atoms with Gasteiger partial charge in [0.25, 0.3) is 0 Å². The number of aromatic amines is 1. The van der Waals surface area contributed by atoms with Gasteiger partial charge in [0, 0.05) is 68.2 Å². The summed E-state index contributed by atoms with van der Waals surface area (Å²) in [7, 11) is 2.11. The van der Waals surface area contributed by atoms with Crippen molar-refractivity contribution < 1.29 is 13.6 Å². The fourth-order valence-corrected chi connectivity index (χ4v) is 4.83. The van der Waals surface area contributed by atoms with Gasteiger partial charge in [-0.15, -0.1) is 0 Å². The molecular weight excluding hydrogens is 362 g/mol. The minimum Gasteiger partial charge on any atom is -0.342 e. The summed E-state index contributed by atoms with van der Waals surface area (Å²) in [5.41, 5.74) is 7.04. The molecular formula is C21H24F2N4O. The number of halogens is 2. The first kappa shape index (κ1) is 17.8. The maximum absolute atomic E-state index is 13.2. The van der Waals surface area contributed by atoms with Gasteiger partial charge in [-0.05, 0) is 24.6 Å². The van der Waals surface area contributed by atoms with Gasteiger partial charge >= 0.3 is 0 Å². The Bertz CT molecular complexity index is 930. The van der Waals surface area contributed by atoms with E-state index >= 15 is 0 Å². The third kappa shape index (κ3) is 2.92. The fourth-order valence-electron chi connectivity index (χ4n) is 4.83. The summed E-state index contributed by atoms with van der Waals surface area (Å²) in [6, 6.07) is 6.37. The number of alkyl halides is 2. The third-order valence-corrected chi connectivity index (χ3v) is 6.36. The average molecular weight is 386 g/mol. The molecule has 0 spiro atoms.